The van der Waals surface area contributed by atoms with Crippen molar-refractivity contribution in [3.63, 3.8) is 0 Å². The van der Waals surface area contributed by atoms with E-state index in [0.29, 0.717) is 26.2 Å². The maximum atomic E-state index is 11.3. The maximum Gasteiger partial charge on any atom is 0.279 e. The van der Waals surface area contributed by atoms with Crippen LogP contribution in [-0.2, 0) is 10.2 Å². The summed E-state index contributed by atoms with van der Waals surface area (Å²) in [4.78, 5) is 0. The van der Waals surface area contributed by atoms with Gasteiger partial charge in [-0.2, -0.15) is 12.7 Å². The summed E-state index contributed by atoms with van der Waals surface area (Å²) in [7, 11) is -3.17. The Labute approximate surface area is 73.1 Å². The fourth-order valence-corrected chi connectivity index (χ4v) is 2.49. The van der Waals surface area contributed by atoms with E-state index in [4.69, 9.17) is 5.73 Å². The van der Waals surface area contributed by atoms with Gasteiger partial charge in [0.05, 0.1) is 0 Å². The van der Waals surface area contributed by atoms with Crippen LogP contribution in [0.3, 0.4) is 0 Å². The predicted molar refractivity (Wildman–Crippen MR) is 46.8 cm³/mol. The van der Waals surface area contributed by atoms with Crippen LogP contribution in [0.4, 0.5) is 0 Å². The fourth-order valence-electron chi connectivity index (χ4n) is 1.17. The topological polar surface area (TPSA) is 75.4 Å². The summed E-state index contributed by atoms with van der Waals surface area (Å²) in [5.74, 6) is 0. The Hall–Kier alpha value is -0.170. The quantitative estimate of drug-likeness (QED) is 0.596. The third kappa shape index (κ3) is 2.41. The van der Waals surface area contributed by atoms with E-state index in [1.54, 1.807) is 0 Å². The van der Waals surface area contributed by atoms with Crippen LogP contribution < -0.4 is 10.5 Å². The first-order valence-corrected chi connectivity index (χ1v) is 5.55. The molecule has 0 aromatic heterocycles. The summed E-state index contributed by atoms with van der Waals surface area (Å²) >= 11 is 0. The molecular formula is C6H15N3O2S. The van der Waals surface area contributed by atoms with Crippen LogP contribution in [0.2, 0.25) is 0 Å². The lowest BCUT2D eigenvalue weighted by Crippen LogP contribution is -2.47. The van der Waals surface area contributed by atoms with Gasteiger partial charge >= 0.3 is 0 Å². The van der Waals surface area contributed by atoms with E-state index in [9.17, 15) is 8.42 Å². The van der Waals surface area contributed by atoms with Gasteiger partial charge < -0.3 is 5.73 Å². The molecule has 1 aliphatic rings. The Bertz CT molecular complexity index is 227. The van der Waals surface area contributed by atoms with E-state index in [1.165, 1.54) is 4.31 Å². The normalized spacial score (nSPS) is 24.1. The largest absolute Gasteiger partial charge is 0.330 e. The van der Waals surface area contributed by atoms with Gasteiger partial charge in [-0.1, -0.05) is 0 Å². The van der Waals surface area contributed by atoms with Crippen molar-refractivity contribution >= 4 is 10.2 Å². The maximum absolute atomic E-state index is 11.3. The molecule has 0 saturated carbocycles. The SMILES string of the molecule is NCCCN1CCCNS1(=O)=O. The third-order valence-corrected chi connectivity index (χ3v) is 3.43. The molecule has 1 rings (SSSR count). The van der Waals surface area contributed by atoms with Gasteiger partial charge in [0.25, 0.3) is 10.2 Å². The second-order valence-electron chi connectivity index (χ2n) is 2.79. The van der Waals surface area contributed by atoms with Crippen LogP contribution in [0, 0.1) is 0 Å². The number of nitrogens with one attached hydrogen (secondary N) is 1. The van der Waals surface area contributed by atoms with Crippen molar-refractivity contribution in [1.82, 2.24) is 9.03 Å². The van der Waals surface area contributed by atoms with Crippen molar-refractivity contribution in [2.45, 2.75) is 12.8 Å². The summed E-state index contributed by atoms with van der Waals surface area (Å²) in [6.45, 7) is 2.24. The van der Waals surface area contributed by atoms with Crippen LogP contribution in [-0.4, -0.2) is 38.9 Å². The second-order valence-corrected chi connectivity index (χ2v) is 4.55. The highest BCUT2D eigenvalue weighted by atomic mass is 32.2. The smallest absolute Gasteiger partial charge is 0.279 e. The van der Waals surface area contributed by atoms with E-state index >= 15 is 0 Å². The molecule has 1 saturated heterocycles. The van der Waals surface area contributed by atoms with Crippen molar-refractivity contribution in [3.05, 3.63) is 0 Å². The third-order valence-electron chi connectivity index (χ3n) is 1.82. The van der Waals surface area contributed by atoms with Crippen LogP contribution in [0.25, 0.3) is 0 Å². The molecule has 0 spiro atoms. The standard InChI is InChI=1S/C6H15N3O2S/c7-3-1-5-9-6-2-4-8-12(9,10)11/h8H,1-7H2. The molecule has 5 nitrogen and oxygen atoms in total. The zero-order valence-electron chi connectivity index (χ0n) is 6.99. The van der Waals surface area contributed by atoms with E-state index in [2.05, 4.69) is 4.72 Å². The lowest BCUT2D eigenvalue weighted by atomic mass is 10.4. The Morgan fingerprint density at radius 1 is 1.50 bits per heavy atom. The molecule has 0 atom stereocenters. The first kappa shape index (κ1) is 9.91. The lowest BCUT2D eigenvalue weighted by molar-refractivity contribution is 0.371. The Balaban J connectivity index is 2.49. The molecule has 0 aromatic carbocycles. The summed E-state index contributed by atoms with van der Waals surface area (Å²) in [6.07, 6.45) is 1.60. The van der Waals surface area contributed by atoms with Crippen molar-refractivity contribution in [2.24, 2.45) is 5.73 Å². The molecule has 1 aliphatic heterocycles. The molecule has 6 heteroatoms. The summed E-state index contributed by atoms with van der Waals surface area (Å²) in [5.41, 5.74) is 5.29. The van der Waals surface area contributed by atoms with Gasteiger partial charge in [0.2, 0.25) is 0 Å². The summed E-state index contributed by atoms with van der Waals surface area (Å²) < 4.78 is 26.4. The average Bonchev–Trinajstić information content (AvgIpc) is 2.02. The minimum atomic E-state index is -3.17. The Morgan fingerprint density at radius 2 is 2.25 bits per heavy atom. The number of hydrogen-bond acceptors (Lipinski definition) is 3. The second kappa shape index (κ2) is 4.18. The molecule has 0 bridgehead atoms. The highest BCUT2D eigenvalue weighted by Crippen LogP contribution is 2.05. The molecule has 12 heavy (non-hydrogen) atoms. The van der Waals surface area contributed by atoms with Gasteiger partial charge in [-0.05, 0) is 19.4 Å². The first-order valence-electron chi connectivity index (χ1n) is 4.11. The molecule has 1 heterocycles. The van der Waals surface area contributed by atoms with Crippen molar-refractivity contribution in [2.75, 3.05) is 26.2 Å². The number of rotatable bonds is 3. The first-order chi connectivity index (χ1) is 5.67. The van der Waals surface area contributed by atoms with Gasteiger partial charge in [0.15, 0.2) is 0 Å². The molecular weight excluding hydrogens is 178 g/mol. The molecule has 0 aromatic rings. The monoisotopic (exact) mass is 193 g/mol. The van der Waals surface area contributed by atoms with Crippen LogP contribution in [0.15, 0.2) is 0 Å². The van der Waals surface area contributed by atoms with Crippen LogP contribution in [0.1, 0.15) is 12.8 Å². The van der Waals surface area contributed by atoms with Crippen molar-refractivity contribution in [1.29, 1.82) is 0 Å². The summed E-state index contributed by atoms with van der Waals surface area (Å²) in [6, 6.07) is 0. The highest BCUT2D eigenvalue weighted by Gasteiger charge is 2.23. The van der Waals surface area contributed by atoms with E-state index in [1.807, 2.05) is 0 Å². The molecule has 3 N–H and O–H groups in total. The van der Waals surface area contributed by atoms with Gasteiger partial charge in [-0.15, -0.1) is 0 Å². The zero-order valence-corrected chi connectivity index (χ0v) is 7.81. The molecule has 0 amide bonds. The number of nitrogens with two attached hydrogens (primary N) is 1. The van der Waals surface area contributed by atoms with Gasteiger partial charge in [0, 0.05) is 19.6 Å². The summed E-state index contributed by atoms with van der Waals surface area (Å²) in [5, 5.41) is 0. The van der Waals surface area contributed by atoms with E-state index in [-0.39, 0.29) is 0 Å². The molecule has 1 fully saturated rings. The predicted octanol–water partition coefficient (Wildman–Crippen LogP) is -1.12. The fraction of sp³-hybridized carbons (Fsp3) is 1.00. The minimum absolute atomic E-state index is 0.534. The average molecular weight is 193 g/mol. The van der Waals surface area contributed by atoms with Gasteiger partial charge in [0.1, 0.15) is 0 Å². The van der Waals surface area contributed by atoms with Crippen LogP contribution in [0.5, 0.6) is 0 Å². The number of nitrogens with zero attached hydrogens (tertiary/aromatic N) is 1. The highest BCUT2D eigenvalue weighted by molar-refractivity contribution is 7.87. The zero-order chi connectivity index (χ0) is 9.03. The number of hydrogen-bond donors (Lipinski definition) is 2. The molecule has 72 valence electrons. The van der Waals surface area contributed by atoms with Gasteiger partial charge in [-0.25, -0.2) is 4.72 Å². The molecule has 0 aliphatic carbocycles. The van der Waals surface area contributed by atoms with E-state index in [0.717, 1.165) is 12.8 Å². The minimum Gasteiger partial charge on any atom is -0.330 e. The van der Waals surface area contributed by atoms with Gasteiger partial charge in [-0.3, -0.25) is 0 Å². The molecule has 0 radical (unpaired) electrons. The van der Waals surface area contributed by atoms with Crippen molar-refractivity contribution in [3.8, 4) is 0 Å². The Morgan fingerprint density at radius 3 is 2.83 bits per heavy atom. The van der Waals surface area contributed by atoms with E-state index < -0.39 is 10.2 Å². The lowest BCUT2D eigenvalue weighted by Gasteiger charge is -2.26. The van der Waals surface area contributed by atoms with Crippen LogP contribution >= 0.6 is 0 Å². The molecule has 0 unspecified atom stereocenters. The Kier molecular flexibility index (Phi) is 3.45. The van der Waals surface area contributed by atoms with Crippen molar-refractivity contribution < 1.29 is 8.42 Å².